The van der Waals surface area contributed by atoms with Crippen LogP contribution in [0.4, 0.5) is 8.78 Å². The average Bonchev–Trinajstić information content (AvgIpc) is 2.34. The molecule has 0 unspecified atom stereocenters. The zero-order chi connectivity index (χ0) is 12.3. The van der Waals surface area contributed by atoms with E-state index in [-0.39, 0.29) is 6.23 Å². The molecule has 1 saturated heterocycles. The third kappa shape index (κ3) is 3.21. The van der Waals surface area contributed by atoms with Gasteiger partial charge in [0.1, 0.15) is 6.23 Å². The molecule has 1 fully saturated rings. The molecule has 0 aliphatic carbocycles. The Morgan fingerprint density at radius 2 is 2.24 bits per heavy atom. The molecule has 1 aromatic rings. The lowest BCUT2D eigenvalue weighted by Gasteiger charge is -2.32. The van der Waals surface area contributed by atoms with Crippen LogP contribution in [0.5, 0.6) is 0 Å². The van der Waals surface area contributed by atoms with E-state index < -0.39 is 11.6 Å². The zero-order valence-corrected chi connectivity index (χ0v) is 9.75. The number of halogens is 2. The summed E-state index contributed by atoms with van der Waals surface area (Å²) >= 11 is 0. The van der Waals surface area contributed by atoms with Gasteiger partial charge in [-0.2, -0.15) is 0 Å². The fourth-order valence-corrected chi connectivity index (χ4v) is 1.92. The second kappa shape index (κ2) is 5.53. The molecule has 1 aliphatic rings. The number of benzene rings is 1. The van der Waals surface area contributed by atoms with E-state index in [4.69, 9.17) is 4.74 Å². The first-order valence-corrected chi connectivity index (χ1v) is 5.64. The highest BCUT2D eigenvalue weighted by atomic mass is 19.2. The Morgan fingerprint density at radius 3 is 2.94 bits per heavy atom. The summed E-state index contributed by atoms with van der Waals surface area (Å²) in [5.74, 6) is -1.59. The van der Waals surface area contributed by atoms with Crippen LogP contribution in [0.25, 0.3) is 0 Å². The van der Waals surface area contributed by atoms with Crippen LogP contribution in [0, 0.1) is 11.6 Å². The van der Waals surface area contributed by atoms with Crippen molar-refractivity contribution >= 4 is 0 Å². The Hall–Kier alpha value is -1.04. The molecule has 1 aromatic carbocycles. The maximum atomic E-state index is 13.0. The van der Waals surface area contributed by atoms with Gasteiger partial charge in [0.15, 0.2) is 11.6 Å². The average molecular weight is 242 g/mol. The van der Waals surface area contributed by atoms with Crippen molar-refractivity contribution in [3.63, 3.8) is 0 Å². The summed E-state index contributed by atoms with van der Waals surface area (Å²) in [4.78, 5) is 2.15. The fourth-order valence-electron chi connectivity index (χ4n) is 1.92. The Morgan fingerprint density at radius 1 is 1.41 bits per heavy atom. The number of nitrogens with zero attached hydrogens (tertiary/aromatic N) is 1. The van der Waals surface area contributed by atoms with E-state index in [0.717, 1.165) is 18.7 Å². The summed E-state index contributed by atoms with van der Waals surface area (Å²) in [6.07, 6.45) is 0.00838. The van der Waals surface area contributed by atoms with Gasteiger partial charge in [0.2, 0.25) is 0 Å². The van der Waals surface area contributed by atoms with E-state index >= 15 is 0 Å². The molecule has 1 heterocycles. The van der Waals surface area contributed by atoms with Gasteiger partial charge in [-0.1, -0.05) is 6.07 Å². The summed E-state index contributed by atoms with van der Waals surface area (Å²) < 4.78 is 31.3. The van der Waals surface area contributed by atoms with E-state index in [1.54, 1.807) is 6.07 Å². The van der Waals surface area contributed by atoms with Crippen molar-refractivity contribution in [2.45, 2.75) is 12.8 Å². The summed E-state index contributed by atoms with van der Waals surface area (Å²) in [7, 11) is 1.84. The number of ether oxygens (including phenoxy) is 1. The van der Waals surface area contributed by atoms with E-state index in [0.29, 0.717) is 13.2 Å². The van der Waals surface area contributed by atoms with Crippen LogP contribution in [0.15, 0.2) is 18.2 Å². The second-order valence-corrected chi connectivity index (χ2v) is 4.13. The van der Waals surface area contributed by atoms with Gasteiger partial charge in [0.25, 0.3) is 0 Å². The molecule has 0 spiro atoms. The minimum Gasteiger partial charge on any atom is -0.361 e. The number of hydrogen-bond acceptors (Lipinski definition) is 3. The lowest BCUT2D eigenvalue weighted by Crippen LogP contribution is -2.47. The highest BCUT2D eigenvalue weighted by Gasteiger charge is 2.19. The van der Waals surface area contributed by atoms with E-state index in [1.807, 2.05) is 7.05 Å². The van der Waals surface area contributed by atoms with Crippen molar-refractivity contribution < 1.29 is 13.5 Å². The molecule has 2 rings (SSSR count). The van der Waals surface area contributed by atoms with Gasteiger partial charge in [-0.25, -0.2) is 8.78 Å². The molecule has 0 bridgehead atoms. The number of rotatable bonds is 3. The van der Waals surface area contributed by atoms with Gasteiger partial charge < -0.3 is 4.74 Å². The van der Waals surface area contributed by atoms with Crippen LogP contribution in [0.1, 0.15) is 5.56 Å². The Balaban J connectivity index is 1.97. The Labute approximate surface area is 99.4 Å². The molecule has 17 heavy (non-hydrogen) atoms. The second-order valence-electron chi connectivity index (χ2n) is 4.13. The third-order valence-electron chi connectivity index (χ3n) is 2.86. The molecule has 1 aliphatic heterocycles. The van der Waals surface area contributed by atoms with Crippen molar-refractivity contribution in [2.24, 2.45) is 0 Å². The monoisotopic (exact) mass is 242 g/mol. The quantitative estimate of drug-likeness (QED) is 0.865. The van der Waals surface area contributed by atoms with Crippen molar-refractivity contribution in [1.82, 2.24) is 10.2 Å². The zero-order valence-electron chi connectivity index (χ0n) is 9.75. The van der Waals surface area contributed by atoms with Crippen LogP contribution < -0.4 is 5.32 Å². The molecular weight excluding hydrogens is 226 g/mol. The van der Waals surface area contributed by atoms with Gasteiger partial charge in [0, 0.05) is 19.6 Å². The first-order chi connectivity index (χ1) is 8.19. The standard InChI is InChI=1S/C12H16F2N2O/c1-15-12-8-16(4-5-17-12)7-9-2-3-10(13)11(14)6-9/h2-3,6,12,15H,4-5,7-8H2,1H3/t12-/m0/s1. The van der Waals surface area contributed by atoms with Crippen molar-refractivity contribution in [1.29, 1.82) is 0 Å². The normalized spacial score (nSPS) is 21.7. The molecule has 0 saturated carbocycles. The third-order valence-corrected chi connectivity index (χ3v) is 2.86. The Bertz CT molecular complexity index is 387. The molecule has 0 radical (unpaired) electrons. The van der Waals surface area contributed by atoms with Gasteiger partial charge in [-0.05, 0) is 24.7 Å². The van der Waals surface area contributed by atoms with E-state index in [1.165, 1.54) is 12.1 Å². The summed E-state index contributed by atoms with van der Waals surface area (Å²) in [5.41, 5.74) is 0.778. The smallest absolute Gasteiger partial charge is 0.159 e. The molecule has 0 aromatic heterocycles. The van der Waals surface area contributed by atoms with Crippen molar-refractivity contribution in [3.05, 3.63) is 35.4 Å². The highest BCUT2D eigenvalue weighted by molar-refractivity contribution is 5.17. The topological polar surface area (TPSA) is 24.5 Å². The molecule has 5 heteroatoms. The number of nitrogens with one attached hydrogen (secondary N) is 1. The Kier molecular flexibility index (Phi) is 4.04. The molecule has 1 N–H and O–H groups in total. The first kappa shape index (κ1) is 12.4. The summed E-state index contributed by atoms with van der Waals surface area (Å²) in [6, 6.07) is 4.03. The van der Waals surface area contributed by atoms with Gasteiger partial charge in [-0.3, -0.25) is 10.2 Å². The first-order valence-electron chi connectivity index (χ1n) is 5.64. The minimum absolute atomic E-state index is 0.00838. The largest absolute Gasteiger partial charge is 0.361 e. The SMILES string of the molecule is CN[C@@H]1CN(Cc2ccc(F)c(F)c2)CCO1. The lowest BCUT2D eigenvalue weighted by atomic mass is 10.2. The summed E-state index contributed by atoms with van der Waals surface area (Å²) in [5, 5.41) is 3.04. The van der Waals surface area contributed by atoms with Crippen molar-refractivity contribution in [2.75, 3.05) is 26.7 Å². The van der Waals surface area contributed by atoms with Crippen molar-refractivity contribution in [3.8, 4) is 0 Å². The van der Waals surface area contributed by atoms with Crippen LogP contribution in [-0.4, -0.2) is 37.9 Å². The molecule has 3 nitrogen and oxygen atoms in total. The number of hydrogen-bond donors (Lipinski definition) is 1. The molecule has 94 valence electrons. The van der Waals surface area contributed by atoms with E-state index in [9.17, 15) is 8.78 Å². The van der Waals surface area contributed by atoms with Crippen LogP contribution in [0.2, 0.25) is 0 Å². The molecular formula is C12H16F2N2O. The van der Waals surface area contributed by atoms with Crippen LogP contribution in [-0.2, 0) is 11.3 Å². The summed E-state index contributed by atoms with van der Waals surface area (Å²) in [6.45, 7) is 2.81. The number of likely N-dealkylation sites (N-methyl/N-ethyl adjacent to an activating group) is 1. The van der Waals surface area contributed by atoms with Gasteiger partial charge >= 0.3 is 0 Å². The van der Waals surface area contributed by atoms with Crippen LogP contribution >= 0.6 is 0 Å². The predicted octanol–water partition coefficient (Wildman–Crippen LogP) is 1.34. The van der Waals surface area contributed by atoms with E-state index in [2.05, 4.69) is 10.2 Å². The predicted molar refractivity (Wildman–Crippen MR) is 60.4 cm³/mol. The molecule has 1 atom stereocenters. The fraction of sp³-hybridized carbons (Fsp3) is 0.500. The highest BCUT2D eigenvalue weighted by Crippen LogP contribution is 2.12. The number of morpholine rings is 1. The lowest BCUT2D eigenvalue weighted by molar-refractivity contribution is -0.0443. The van der Waals surface area contributed by atoms with Gasteiger partial charge in [0.05, 0.1) is 6.61 Å². The maximum Gasteiger partial charge on any atom is 0.159 e. The minimum atomic E-state index is -0.802. The maximum absolute atomic E-state index is 13.0. The molecule has 0 amide bonds. The van der Waals surface area contributed by atoms with Gasteiger partial charge in [-0.15, -0.1) is 0 Å². The van der Waals surface area contributed by atoms with Crippen LogP contribution in [0.3, 0.4) is 0 Å².